The number of hydrogen-bond acceptors (Lipinski definition) is 4. The lowest BCUT2D eigenvalue weighted by atomic mass is 10.3. The molecule has 0 atom stereocenters. The van der Waals surface area contributed by atoms with E-state index in [1.54, 1.807) is 24.3 Å². The standard InChI is InChI=1S/C14H22N2O3S/c1-3-11-20(18,19)13-7-5-12(6-8-13)16-10-9-14(17)15-4-2/h5-8,16H,3-4,9-11H2,1-2H3,(H,15,17). The minimum absolute atomic E-state index is 0.00198. The normalized spacial score (nSPS) is 11.1. The van der Waals surface area contributed by atoms with Crippen LogP contribution in [-0.2, 0) is 14.6 Å². The van der Waals surface area contributed by atoms with E-state index in [-0.39, 0.29) is 11.7 Å². The second-order valence-corrected chi connectivity index (χ2v) is 6.58. The third kappa shape index (κ3) is 5.21. The molecule has 0 saturated heterocycles. The SMILES string of the molecule is CCCS(=O)(=O)c1ccc(NCCC(=O)NCC)cc1. The Kier molecular flexibility index (Phi) is 6.51. The third-order valence-corrected chi connectivity index (χ3v) is 4.68. The molecule has 20 heavy (non-hydrogen) atoms. The first kappa shape index (κ1) is 16.5. The Morgan fingerprint density at radius 2 is 1.80 bits per heavy atom. The molecule has 5 nitrogen and oxygen atoms in total. The molecule has 0 bridgehead atoms. The quantitative estimate of drug-likeness (QED) is 0.767. The van der Waals surface area contributed by atoms with Crippen LogP contribution in [0.15, 0.2) is 29.2 Å². The highest BCUT2D eigenvalue weighted by atomic mass is 32.2. The first-order chi connectivity index (χ1) is 9.49. The Balaban J connectivity index is 2.53. The summed E-state index contributed by atoms with van der Waals surface area (Å²) >= 11 is 0. The molecule has 0 aromatic heterocycles. The molecule has 0 aliphatic heterocycles. The summed E-state index contributed by atoms with van der Waals surface area (Å²) in [5, 5.41) is 5.81. The van der Waals surface area contributed by atoms with Crippen LogP contribution in [0.4, 0.5) is 5.69 Å². The van der Waals surface area contributed by atoms with Crippen molar-refractivity contribution in [3.63, 3.8) is 0 Å². The molecule has 0 aliphatic rings. The van der Waals surface area contributed by atoms with Crippen LogP contribution in [0.5, 0.6) is 0 Å². The first-order valence-corrected chi connectivity index (χ1v) is 8.48. The molecule has 1 amide bonds. The molecule has 1 aromatic rings. The van der Waals surface area contributed by atoms with Gasteiger partial charge in [-0.3, -0.25) is 4.79 Å². The Morgan fingerprint density at radius 1 is 1.15 bits per heavy atom. The average Bonchev–Trinajstić information content (AvgIpc) is 2.39. The van der Waals surface area contributed by atoms with Gasteiger partial charge in [0.15, 0.2) is 9.84 Å². The van der Waals surface area contributed by atoms with Crippen molar-refractivity contribution in [3.8, 4) is 0 Å². The summed E-state index contributed by atoms with van der Waals surface area (Å²) < 4.78 is 23.7. The minimum Gasteiger partial charge on any atom is -0.385 e. The summed E-state index contributed by atoms with van der Waals surface area (Å²) in [6, 6.07) is 6.64. The van der Waals surface area contributed by atoms with Gasteiger partial charge in [-0.1, -0.05) is 6.92 Å². The second kappa shape index (κ2) is 7.89. The van der Waals surface area contributed by atoms with Crippen molar-refractivity contribution in [2.45, 2.75) is 31.6 Å². The lowest BCUT2D eigenvalue weighted by Crippen LogP contribution is -2.24. The Labute approximate surface area is 120 Å². The van der Waals surface area contributed by atoms with Crippen LogP contribution in [0.1, 0.15) is 26.7 Å². The third-order valence-electron chi connectivity index (χ3n) is 2.74. The summed E-state index contributed by atoms with van der Waals surface area (Å²) in [6.07, 6.45) is 0.999. The summed E-state index contributed by atoms with van der Waals surface area (Å²) in [5.74, 6) is 0.166. The molecule has 0 unspecified atom stereocenters. The molecule has 0 aliphatic carbocycles. The van der Waals surface area contributed by atoms with E-state index in [4.69, 9.17) is 0 Å². The maximum Gasteiger partial charge on any atom is 0.221 e. The molecule has 0 saturated carbocycles. The summed E-state index contributed by atoms with van der Waals surface area (Å²) in [7, 11) is -3.16. The number of amides is 1. The van der Waals surface area contributed by atoms with Gasteiger partial charge >= 0.3 is 0 Å². The fraction of sp³-hybridized carbons (Fsp3) is 0.500. The van der Waals surface area contributed by atoms with E-state index in [2.05, 4.69) is 10.6 Å². The predicted octanol–water partition coefficient (Wildman–Crippen LogP) is 1.81. The molecule has 0 heterocycles. The molecule has 112 valence electrons. The van der Waals surface area contributed by atoms with Crippen molar-refractivity contribution in [2.75, 3.05) is 24.2 Å². The number of anilines is 1. The minimum atomic E-state index is -3.16. The van der Waals surface area contributed by atoms with Crippen molar-refractivity contribution in [3.05, 3.63) is 24.3 Å². The highest BCUT2D eigenvalue weighted by molar-refractivity contribution is 7.91. The van der Waals surface area contributed by atoms with E-state index in [1.807, 2.05) is 13.8 Å². The maximum atomic E-state index is 11.8. The second-order valence-electron chi connectivity index (χ2n) is 4.47. The van der Waals surface area contributed by atoms with Gasteiger partial charge in [0.25, 0.3) is 0 Å². The van der Waals surface area contributed by atoms with E-state index < -0.39 is 9.84 Å². The smallest absolute Gasteiger partial charge is 0.221 e. The number of carbonyl (C=O) groups is 1. The summed E-state index contributed by atoms with van der Waals surface area (Å²) in [6.45, 7) is 4.87. The van der Waals surface area contributed by atoms with Gasteiger partial charge in [-0.25, -0.2) is 8.42 Å². The fourth-order valence-electron chi connectivity index (χ4n) is 1.77. The van der Waals surface area contributed by atoms with Crippen molar-refractivity contribution >= 4 is 21.4 Å². The number of rotatable bonds is 8. The number of sulfone groups is 1. The van der Waals surface area contributed by atoms with E-state index in [1.165, 1.54) is 0 Å². The van der Waals surface area contributed by atoms with Crippen molar-refractivity contribution in [2.24, 2.45) is 0 Å². The van der Waals surface area contributed by atoms with Gasteiger partial charge in [0.05, 0.1) is 10.6 Å². The van der Waals surface area contributed by atoms with Gasteiger partial charge in [-0.05, 0) is 37.6 Å². The van der Waals surface area contributed by atoms with Crippen LogP contribution in [0.3, 0.4) is 0 Å². The van der Waals surface area contributed by atoms with E-state index in [9.17, 15) is 13.2 Å². The molecular formula is C14H22N2O3S. The van der Waals surface area contributed by atoms with Gasteiger partial charge in [0.1, 0.15) is 0 Å². The van der Waals surface area contributed by atoms with Gasteiger partial charge in [-0.15, -0.1) is 0 Å². The maximum absolute atomic E-state index is 11.8. The number of nitrogens with one attached hydrogen (secondary N) is 2. The average molecular weight is 298 g/mol. The molecule has 1 aromatic carbocycles. The largest absolute Gasteiger partial charge is 0.385 e. The van der Waals surface area contributed by atoms with Gasteiger partial charge in [0.2, 0.25) is 5.91 Å². The lowest BCUT2D eigenvalue weighted by molar-refractivity contribution is -0.120. The lowest BCUT2D eigenvalue weighted by Gasteiger charge is -2.08. The highest BCUT2D eigenvalue weighted by Crippen LogP contribution is 2.16. The molecule has 6 heteroatoms. The molecule has 0 spiro atoms. The predicted molar refractivity (Wildman–Crippen MR) is 80.6 cm³/mol. The van der Waals surface area contributed by atoms with Crippen LogP contribution in [0, 0.1) is 0 Å². The highest BCUT2D eigenvalue weighted by Gasteiger charge is 2.12. The molecule has 1 rings (SSSR count). The number of hydrogen-bond donors (Lipinski definition) is 2. The summed E-state index contributed by atoms with van der Waals surface area (Å²) in [5.41, 5.74) is 0.810. The molecule has 0 fully saturated rings. The topological polar surface area (TPSA) is 75.3 Å². The van der Waals surface area contributed by atoms with E-state index in [0.717, 1.165) is 5.69 Å². The Bertz CT molecular complexity index is 524. The Morgan fingerprint density at radius 3 is 2.35 bits per heavy atom. The zero-order chi connectivity index (χ0) is 15.0. The molecular weight excluding hydrogens is 276 g/mol. The molecule has 0 radical (unpaired) electrons. The van der Waals surface area contributed by atoms with Crippen LogP contribution in [0.25, 0.3) is 0 Å². The fourth-order valence-corrected chi connectivity index (χ4v) is 3.10. The van der Waals surface area contributed by atoms with Gasteiger partial charge in [-0.2, -0.15) is 0 Å². The first-order valence-electron chi connectivity index (χ1n) is 6.83. The zero-order valence-corrected chi connectivity index (χ0v) is 12.8. The number of benzene rings is 1. The van der Waals surface area contributed by atoms with E-state index in [0.29, 0.717) is 30.8 Å². The van der Waals surface area contributed by atoms with Gasteiger partial charge < -0.3 is 10.6 Å². The van der Waals surface area contributed by atoms with Crippen molar-refractivity contribution in [1.82, 2.24) is 5.32 Å². The zero-order valence-electron chi connectivity index (χ0n) is 12.0. The number of carbonyl (C=O) groups excluding carboxylic acids is 1. The van der Waals surface area contributed by atoms with Crippen LogP contribution in [-0.4, -0.2) is 33.2 Å². The van der Waals surface area contributed by atoms with E-state index >= 15 is 0 Å². The summed E-state index contributed by atoms with van der Waals surface area (Å²) in [4.78, 5) is 11.6. The van der Waals surface area contributed by atoms with Gasteiger partial charge in [0, 0.05) is 25.2 Å². The Hall–Kier alpha value is -1.56. The molecule has 2 N–H and O–H groups in total. The monoisotopic (exact) mass is 298 g/mol. The van der Waals surface area contributed by atoms with Crippen molar-refractivity contribution in [1.29, 1.82) is 0 Å². The van der Waals surface area contributed by atoms with Crippen molar-refractivity contribution < 1.29 is 13.2 Å². The van der Waals surface area contributed by atoms with Crippen LogP contribution < -0.4 is 10.6 Å². The van der Waals surface area contributed by atoms with Crippen LogP contribution >= 0.6 is 0 Å². The van der Waals surface area contributed by atoms with Crippen LogP contribution in [0.2, 0.25) is 0 Å².